The van der Waals surface area contributed by atoms with Crippen molar-refractivity contribution in [2.24, 2.45) is 0 Å². The largest absolute Gasteiger partial charge is 0.382 e. The number of hydrogen-bond donors (Lipinski definition) is 1. The zero-order valence-electron chi connectivity index (χ0n) is 9.49. The Balaban J connectivity index is 2.71. The highest BCUT2D eigenvalue weighted by Gasteiger charge is 2.03. The zero-order chi connectivity index (χ0) is 11.1. The smallest absolute Gasteiger partial charge is 0.0480 e. The molecule has 1 aromatic rings. The number of hydrogen-bond acceptors (Lipinski definition) is 2. The molecular weight excluding hydrogens is 202 g/mol. The fraction of sp³-hybridized carbons (Fsp3) is 0.385. The minimum Gasteiger partial charge on any atom is -0.382 e. The Morgan fingerprint density at radius 3 is 2.87 bits per heavy atom. The summed E-state index contributed by atoms with van der Waals surface area (Å²) in [6, 6.07) is 8.96. The van der Waals surface area contributed by atoms with Crippen LogP contribution in [0.5, 0.6) is 0 Å². The number of para-hydroxylation sites is 1. The fourth-order valence-corrected chi connectivity index (χ4v) is 1.98. The quantitative estimate of drug-likeness (QED) is 0.571. The monoisotopic (exact) mass is 221 g/mol. The van der Waals surface area contributed by atoms with Crippen molar-refractivity contribution in [1.82, 2.24) is 0 Å². The van der Waals surface area contributed by atoms with Gasteiger partial charge >= 0.3 is 0 Å². The molecule has 1 N–H and O–H groups in total. The normalized spacial score (nSPS) is 12.1. The molecule has 0 aliphatic heterocycles. The summed E-state index contributed by atoms with van der Waals surface area (Å²) in [7, 11) is 0. The van der Waals surface area contributed by atoms with Gasteiger partial charge in [-0.05, 0) is 25.5 Å². The molecule has 0 spiro atoms. The number of thioether (sulfide) groups is 1. The van der Waals surface area contributed by atoms with E-state index in [-0.39, 0.29) is 0 Å². The molecule has 1 nitrogen and oxygen atoms in total. The van der Waals surface area contributed by atoms with Crippen molar-refractivity contribution in [2.75, 3.05) is 11.1 Å². The van der Waals surface area contributed by atoms with E-state index in [1.807, 2.05) is 17.8 Å². The van der Waals surface area contributed by atoms with Crippen molar-refractivity contribution in [2.45, 2.75) is 31.2 Å². The second-order valence-corrected chi connectivity index (χ2v) is 4.61. The zero-order valence-corrected chi connectivity index (χ0v) is 10.3. The van der Waals surface area contributed by atoms with Crippen LogP contribution in [0, 0.1) is 0 Å². The minimum absolute atomic E-state index is 0.524. The standard InChI is InChI=1S/C13H19NS/c1-4-10-15-13-9-7-6-8-12(13)14-11(3)5-2/h4,6-9,11,14H,1,5,10H2,2-3H3. The van der Waals surface area contributed by atoms with Crippen LogP contribution in [0.15, 0.2) is 41.8 Å². The number of nitrogens with one attached hydrogen (secondary N) is 1. The van der Waals surface area contributed by atoms with Gasteiger partial charge < -0.3 is 5.32 Å². The first-order valence-electron chi connectivity index (χ1n) is 5.37. The summed E-state index contributed by atoms with van der Waals surface area (Å²) < 4.78 is 0. The van der Waals surface area contributed by atoms with Gasteiger partial charge in [0, 0.05) is 22.4 Å². The van der Waals surface area contributed by atoms with Gasteiger partial charge in [-0.25, -0.2) is 0 Å². The van der Waals surface area contributed by atoms with Crippen molar-refractivity contribution in [3.63, 3.8) is 0 Å². The molecule has 82 valence electrons. The van der Waals surface area contributed by atoms with Crippen LogP contribution in [0.3, 0.4) is 0 Å². The van der Waals surface area contributed by atoms with E-state index in [2.05, 4.69) is 50.0 Å². The van der Waals surface area contributed by atoms with Crippen molar-refractivity contribution in [1.29, 1.82) is 0 Å². The molecule has 0 aliphatic rings. The summed E-state index contributed by atoms with van der Waals surface area (Å²) in [6.07, 6.45) is 3.07. The van der Waals surface area contributed by atoms with Gasteiger partial charge in [0.25, 0.3) is 0 Å². The highest BCUT2D eigenvalue weighted by atomic mass is 32.2. The van der Waals surface area contributed by atoms with E-state index in [1.54, 1.807) is 0 Å². The molecule has 1 atom stereocenters. The lowest BCUT2D eigenvalue weighted by Gasteiger charge is -2.15. The van der Waals surface area contributed by atoms with Gasteiger partial charge in [-0.1, -0.05) is 25.1 Å². The Morgan fingerprint density at radius 2 is 2.20 bits per heavy atom. The molecule has 0 radical (unpaired) electrons. The van der Waals surface area contributed by atoms with Crippen LogP contribution in [0.1, 0.15) is 20.3 Å². The summed E-state index contributed by atoms with van der Waals surface area (Å²) in [6.45, 7) is 8.14. The lowest BCUT2D eigenvalue weighted by atomic mass is 10.2. The van der Waals surface area contributed by atoms with Crippen molar-refractivity contribution in [3.8, 4) is 0 Å². The van der Waals surface area contributed by atoms with E-state index < -0.39 is 0 Å². The van der Waals surface area contributed by atoms with E-state index in [0.29, 0.717) is 6.04 Å². The van der Waals surface area contributed by atoms with Gasteiger partial charge in [-0.2, -0.15) is 0 Å². The number of benzene rings is 1. The molecule has 0 aliphatic carbocycles. The topological polar surface area (TPSA) is 12.0 Å². The highest BCUT2D eigenvalue weighted by molar-refractivity contribution is 7.99. The molecule has 15 heavy (non-hydrogen) atoms. The van der Waals surface area contributed by atoms with Crippen LogP contribution in [0.25, 0.3) is 0 Å². The van der Waals surface area contributed by atoms with E-state index >= 15 is 0 Å². The van der Waals surface area contributed by atoms with E-state index in [0.717, 1.165) is 12.2 Å². The molecule has 0 heterocycles. The molecule has 1 aromatic carbocycles. The maximum atomic E-state index is 3.74. The molecule has 0 aromatic heterocycles. The molecule has 1 unspecified atom stereocenters. The first-order chi connectivity index (χ1) is 7.27. The van der Waals surface area contributed by atoms with Gasteiger partial charge in [0.05, 0.1) is 0 Å². The predicted molar refractivity (Wildman–Crippen MR) is 70.7 cm³/mol. The van der Waals surface area contributed by atoms with Gasteiger partial charge in [0.15, 0.2) is 0 Å². The minimum atomic E-state index is 0.524. The fourth-order valence-electron chi connectivity index (χ4n) is 1.23. The summed E-state index contributed by atoms with van der Waals surface area (Å²) in [5.41, 5.74) is 1.23. The summed E-state index contributed by atoms with van der Waals surface area (Å²) in [4.78, 5) is 1.30. The first-order valence-corrected chi connectivity index (χ1v) is 6.35. The van der Waals surface area contributed by atoms with Crippen molar-refractivity contribution in [3.05, 3.63) is 36.9 Å². The summed E-state index contributed by atoms with van der Waals surface area (Å²) >= 11 is 1.82. The Labute approximate surface area is 97.0 Å². The maximum absolute atomic E-state index is 3.74. The van der Waals surface area contributed by atoms with Gasteiger partial charge in [-0.3, -0.25) is 0 Å². The van der Waals surface area contributed by atoms with Crippen LogP contribution in [0.2, 0.25) is 0 Å². The third-order valence-corrected chi connectivity index (χ3v) is 3.33. The molecule has 0 bridgehead atoms. The van der Waals surface area contributed by atoms with Gasteiger partial charge in [-0.15, -0.1) is 18.3 Å². The Hall–Kier alpha value is -0.890. The second kappa shape index (κ2) is 6.57. The van der Waals surface area contributed by atoms with Gasteiger partial charge in [0.1, 0.15) is 0 Å². The third-order valence-electron chi connectivity index (χ3n) is 2.26. The third kappa shape index (κ3) is 4.00. The molecule has 0 amide bonds. The van der Waals surface area contributed by atoms with E-state index in [4.69, 9.17) is 0 Å². The van der Waals surface area contributed by atoms with Gasteiger partial charge in [0.2, 0.25) is 0 Å². The lowest BCUT2D eigenvalue weighted by molar-refractivity contribution is 0.761. The molecular formula is C13H19NS. The van der Waals surface area contributed by atoms with Crippen molar-refractivity contribution < 1.29 is 0 Å². The first kappa shape index (κ1) is 12.2. The van der Waals surface area contributed by atoms with Crippen LogP contribution in [-0.4, -0.2) is 11.8 Å². The average molecular weight is 221 g/mol. The number of anilines is 1. The Bertz CT molecular complexity index is 309. The van der Waals surface area contributed by atoms with Crippen LogP contribution < -0.4 is 5.32 Å². The predicted octanol–water partition coefficient (Wildman–Crippen LogP) is 4.18. The average Bonchev–Trinajstić information content (AvgIpc) is 2.28. The molecule has 0 fully saturated rings. The highest BCUT2D eigenvalue weighted by Crippen LogP contribution is 2.27. The molecule has 0 saturated heterocycles. The lowest BCUT2D eigenvalue weighted by Crippen LogP contribution is -2.13. The molecule has 2 heteroatoms. The summed E-state index contributed by atoms with van der Waals surface area (Å²) in [5, 5.41) is 3.51. The second-order valence-electron chi connectivity index (χ2n) is 3.55. The van der Waals surface area contributed by atoms with E-state index in [9.17, 15) is 0 Å². The van der Waals surface area contributed by atoms with E-state index in [1.165, 1.54) is 10.6 Å². The molecule has 0 saturated carbocycles. The van der Waals surface area contributed by atoms with Crippen molar-refractivity contribution >= 4 is 17.4 Å². The van der Waals surface area contributed by atoms with Crippen LogP contribution >= 0.6 is 11.8 Å². The Kier molecular flexibility index (Phi) is 5.33. The van der Waals surface area contributed by atoms with Crippen LogP contribution in [0.4, 0.5) is 5.69 Å². The molecule has 1 rings (SSSR count). The Morgan fingerprint density at radius 1 is 1.47 bits per heavy atom. The number of rotatable bonds is 6. The SMILES string of the molecule is C=CCSc1ccccc1NC(C)CC. The summed E-state index contributed by atoms with van der Waals surface area (Å²) in [5.74, 6) is 0.958. The van der Waals surface area contributed by atoms with Crippen LogP contribution in [-0.2, 0) is 0 Å². The maximum Gasteiger partial charge on any atom is 0.0480 e.